The molecule has 3 nitrogen and oxygen atoms in total. The summed E-state index contributed by atoms with van der Waals surface area (Å²) in [4.78, 5) is 12.8. The average Bonchev–Trinajstić information content (AvgIpc) is 2.36. The third-order valence-electron chi connectivity index (χ3n) is 1.86. The van der Waals surface area contributed by atoms with E-state index in [0.717, 1.165) is 18.7 Å². The number of morpholine rings is 1. The molecule has 0 spiro atoms. The maximum Gasteiger partial charge on any atom is 0.252 e. The lowest BCUT2D eigenvalue weighted by atomic mass is 10.4. The van der Waals surface area contributed by atoms with E-state index < -0.39 is 0 Å². The summed E-state index contributed by atoms with van der Waals surface area (Å²) in [6.07, 6.45) is 3.06. The summed E-state index contributed by atoms with van der Waals surface area (Å²) in [5.74, 6) is 0.106. The van der Waals surface area contributed by atoms with E-state index >= 15 is 0 Å². The molecule has 0 bridgehead atoms. The second-order valence-corrected chi connectivity index (χ2v) is 2.52. The first-order valence-corrected chi connectivity index (χ1v) is 3.45. The van der Waals surface area contributed by atoms with Crippen molar-refractivity contribution in [1.29, 1.82) is 0 Å². The number of hydrogen-bond donors (Lipinski definition) is 0. The average molecular weight is 139 g/mol. The smallest absolute Gasteiger partial charge is 0.252 e. The zero-order valence-electron chi connectivity index (χ0n) is 5.67. The summed E-state index contributed by atoms with van der Waals surface area (Å²) in [5, 5.41) is 0. The topological polar surface area (TPSA) is 29.5 Å². The first-order chi connectivity index (χ1) is 4.88. The highest BCUT2D eigenvalue weighted by atomic mass is 16.5. The molecule has 0 unspecified atom stereocenters. The van der Waals surface area contributed by atoms with Gasteiger partial charge in [0.1, 0.15) is 6.61 Å². The van der Waals surface area contributed by atoms with E-state index in [2.05, 4.69) is 6.08 Å². The van der Waals surface area contributed by atoms with Gasteiger partial charge in [-0.1, -0.05) is 6.08 Å². The summed E-state index contributed by atoms with van der Waals surface area (Å²) in [5.41, 5.74) is 1.05. The molecule has 0 aromatic heterocycles. The molecule has 0 radical (unpaired) electrons. The number of rotatable bonds is 0. The van der Waals surface area contributed by atoms with Gasteiger partial charge in [-0.2, -0.15) is 0 Å². The maximum absolute atomic E-state index is 11.0. The Bertz CT molecular complexity index is 198. The van der Waals surface area contributed by atoms with Crippen molar-refractivity contribution in [2.24, 2.45) is 0 Å². The van der Waals surface area contributed by atoms with Crippen LogP contribution in [0.15, 0.2) is 11.8 Å². The van der Waals surface area contributed by atoms with Crippen LogP contribution >= 0.6 is 0 Å². The summed E-state index contributed by atoms with van der Waals surface area (Å²) in [6, 6.07) is 0. The van der Waals surface area contributed by atoms with Crippen molar-refractivity contribution in [3.05, 3.63) is 11.8 Å². The Kier molecular flexibility index (Phi) is 1.24. The van der Waals surface area contributed by atoms with Gasteiger partial charge < -0.3 is 9.64 Å². The van der Waals surface area contributed by atoms with Crippen LogP contribution in [0.25, 0.3) is 0 Å². The first-order valence-electron chi connectivity index (χ1n) is 3.45. The second-order valence-electron chi connectivity index (χ2n) is 2.52. The van der Waals surface area contributed by atoms with Crippen LogP contribution in [0, 0.1) is 0 Å². The molecule has 0 aromatic rings. The highest BCUT2D eigenvalue weighted by Crippen LogP contribution is 2.18. The molecule has 0 aromatic carbocycles. The maximum atomic E-state index is 11.0. The fourth-order valence-corrected chi connectivity index (χ4v) is 1.36. The second kappa shape index (κ2) is 2.09. The Morgan fingerprint density at radius 2 is 2.40 bits per heavy atom. The molecule has 0 aliphatic carbocycles. The summed E-state index contributed by atoms with van der Waals surface area (Å²) in [7, 11) is 0. The Hall–Kier alpha value is -0.830. The largest absolute Gasteiger partial charge is 0.365 e. The summed E-state index contributed by atoms with van der Waals surface area (Å²) in [6.45, 7) is 1.74. The molecule has 0 N–H and O–H groups in total. The van der Waals surface area contributed by atoms with Crippen LogP contribution in [0.4, 0.5) is 0 Å². The molecule has 2 rings (SSSR count). The Balaban J connectivity index is 2.21. The van der Waals surface area contributed by atoms with Crippen molar-refractivity contribution in [2.75, 3.05) is 19.8 Å². The number of hydrogen-bond acceptors (Lipinski definition) is 2. The van der Waals surface area contributed by atoms with Crippen molar-refractivity contribution >= 4 is 5.91 Å². The molecule has 10 heavy (non-hydrogen) atoms. The number of amides is 1. The standard InChI is InChI=1S/C7H9NO2/c9-7-5-10-4-6-2-1-3-8(6)7/h2H,1,3-5H2. The molecule has 2 heterocycles. The third kappa shape index (κ3) is 0.743. The van der Waals surface area contributed by atoms with Crippen molar-refractivity contribution in [2.45, 2.75) is 6.42 Å². The zero-order chi connectivity index (χ0) is 6.97. The molecule has 3 heteroatoms. The molecular weight excluding hydrogens is 130 g/mol. The predicted octanol–water partition coefficient (Wildman–Crippen LogP) is 0.133. The van der Waals surface area contributed by atoms with Crippen molar-refractivity contribution < 1.29 is 9.53 Å². The van der Waals surface area contributed by atoms with E-state index in [1.54, 1.807) is 0 Å². The minimum absolute atomic E-state index is 0.106. The fraction of sp³-hybridized carbons (Fsp3) is 0.571. The van der Waals surface area contributed by atoms with Gasteiger partial charge in [-0.05, 0) is 6.42 Å². The molecule has 1 saturated heterocycles. The number of carbonyl (C=O) groups is 1. The van der Waals surface area contributed by atoms with Crippen LogP contribution in [0.5, 0.6) is 0 Å². The molecule has 2 aliphatic heterocycles. The van der Waals surface area contributed by atoms with Gasteiger partial charge >= 0.3 is 0 Å². The predicted molar refractivity (Wildman–Crippen MR) is 35.2 cm³/mol. The summed E-state index contributed by atoms with van der Waals surface area (Å²) < 4.78 is 5.04. The van der Waals surface area contributed by atoms with E-state index in [4.69, 9.17) is 4.74 Å². The number of carbonyl (C=O) groups excluding carboxylic acids is 1. The third-order valence-corrected chi connectivity index (χ3v) is 1.86. The lowest BCUT2D eigenvalue weighted by Crippen LogP contribution is -2.37. The van der Waals surface area contributed by atoms with Crippen LogP contribution in [-0.4, -0.2) is 30.6 Å². The molecule has 1 amide bonds. The van der Waals surface area contributed by atoms with Crippen molar-refractivity contribution in [3.63, 3.8) is 0 Å². The number of fused-ring (bicyclic) bond motifs is 1. The first kappa shape index (κ1) is 5.92. The van der Waals surface area contributed by atoms with E-state index in [1.807, 2.05) is 4.90 Å². The van der Waals surface area contributed by atoms with Gasteiger partial charge in [0.2, 0.25) is 0 Å². The van der Waals surface area contributed by atoms with Gasteiger partial charge in [0.25, 0.3) is 5.91 Å². The van der Waals surface area contributed by atoms with Crippen LogP contribution in [-0.2, 0) is 9.53 Å². The Morgan fingerprint density at radius 1 is 1.50 bits per heavy atom. The molecular formula is C7H9NO2. The fourth-order valence-electron chi connectivity index (χ4n) is 1.36. The van der Waals surface area contributed by atoms with Gasteiger partial charge in [-0.3, -0.25) is 4.79 Å². The van der Waals surface area contributed by atoms with Gasteiger partial charge in [-0.25, -0.2) is 0 Å². The minimum atomic E-state index is 0.106. The van der Waals surface area contributed by atoms with E-state index in [9.17, 15) is 4.79 Å². The molecule has 0 saturated carbocycles. The van der Waals surface area contributed by atoms with Crippen LogP contribution in [0.2, 0.25) is 0 Å². The van der Waals surface area contributed by atoms with Crippen LogP contribution in [0.1, 0.15) is 6.42 Å². The lowest BCUT2D eigenvalue weighted by Gasteiger charge is -2.24. The SMILES string of the molecule is O=C1COCC2=CCCN12. The minimum Gasteiger partial charge on any atom is -0.365 e. The van der Waals surface area contributed by atoms with Crippen molar-refractivity contribution in [3.8, 4) is 0 Å². The molecule has 0 atom stereocenters. The normalized spacial score (nSPS) is 24.6. The lowest BCUT2D eigenvalue weighted by molar-refractivity contribution is -0.137. The van der Waals surface area contributed by atoms with E-state index in [0.29, 0.717) is 6.61 Å². The Labute approximate surface area is 59.3 Å². The van der Waals surface area contributed by atoms with Crippen LogP contribution < -0.4 is 0 Å². The van der Waals surface area contributed by atoms with Crippen LogP contribution in [0.3, 0.4) is 0 Å². The summed E-state index contributed by atoms with van der Waals surface area (Å²) >= 11 is 0. The molecule has 2 aliphatic rings. The zero-order valence-corrected chi connectivity index (χ0v) is 5.67. The molecule has 54 valence electrons. The molecule has 1 fully saturated rings. The quantitative estimate of drug-likeness (QED) is 0.477. The number of nitrogens with zero attached hydrogens (tertiary/aromatic N) is 1. The highest BCUT2D eigenvalue weighted by Gasteiger charge is 2.25. The number of ether oxygens (including phenoxy) is 1. The van der Waals surface area contributed by atoms with Gasteiger partial charge in [0.15, 0.2) is 0 Å². The van der Waals surface area contributed by atoms with Gasteiger partial charge in [-0.15, -0.1) is 0 Å². The van der Waals surface area contributed by atoms with Crippen molar-refractivity contribution in [1.82, 2.24) is 4.90 Å². The van der Waals surface area contributed by atoms with E-state index in [-0.39, 0.29) is 12.5 Å². The van der Waals surface area contributed by atoms with Gasteiger partial charge in [0, 0.05) is 12.2 Å². The van der Waals surface area contributed by atoms with E-state index in [1.165, 1.54) is 0 Å². The van der Waals surface area contributed by atoms with Gasteiger partial charge in [0.05, 0.1) is 6.61 Å². The Morgan fingerprint density at radius 3 is 3.20 bits per heavy atom. The monoisotopic (exact) mass is 139 g/mol. The highest BCUT2D eigenvalue weighted by molar-refractivity contribution is 5.80.